The van der Waals surface area contributed by atoms with Crippen LogP contribution < -0.4 is 5.73 Å². The Labute approximate surface area is 98.4 Å². The zero-order valence-electron chi connectivity index (χ0n) is 9.94. The molecule has 0 aromatic heterocycles. The molecule has 88 valence electrons. The van der Waals surface area contributed by atoms with Crippen LogP contribution in [-0.4, -0.2) is 30.6 Å². The number of hydrogen-bond donors (Lipinski definition) is 1. The van der Waals surface area contributed by atoms with E-state index in [-0.39, 0.29) is 0 Å². The Bertz CT molecular complexity index is 297. The Kier molecular flexibility index (Phi) is 4.37. The van der Waals surface area contributed by atoms with E-state index >= 15 is 0 Å². The van der Waals surface area contributed by atoms with Gasteiger partial charge in [0.15, 0.2) is 0 Å². The summed E-state index contributed by atoms with van der Waals surface area (Å²) in [6.45, 7) is 3.11. The van der Waals surface area contributed by atoms with Crippen molar-refractivity contribution >= 4 is 0 Å². The smallest absolute Gasteiger partial charge is 0.0108 e. The lowest BCUT2D eigenvalue weighted by molar-refractivity contribution is 0.250. The summed E-state index contributed by atoms with van der Waals surface area (Å²) in [5.41, 5.74) is 7.10. The molecule has 0 spiro atoms. The molecule has 1 aromatic carbocycles. The van der Waals surface area contributed by atoms with Crippen molar-refractivity contribution in [2.24, 2.45) is 5.73 Å². The first-order valence-electron chi connectivity index (χ1n) is 6.38. The second kappa shape index (κ2) is 6.02. The van der Waals surface area contributed by atoms with E-state index in [1.165, 1.54) is 37.8 Å². The first kappa shape index (κ1) is 11.6. The predicted molar refractivity (Wildman–Crippen MR) is 68.4 cm³/mol. The summed E-state index contributed by atoms with van der Waals surface area (Å²) in [4.78, 5) is 2.56. The molecular weight excluding hydrogens is 196 g/mol. The summed E-state index contributed by atoms with van der Waals surface area (Å²) in [5.74, 6) is 0. The van der Waals surface area contributed by atoms with E-state index in [2.05, 4.69) is 35.2 Å². The van der Waals surface area contributed by atoms with Gasteiger partial charge in [0.2, 0.25) is 0 Å². The quantitative estimate of drug-likeness (QED) is 0.819. The number of aryl methyl sites for hydroxylation is 1. The van der Waals surface area contributed by atoms with Crippen LogP contribution in [0, 0.1) is 0 Å². The maximum atomic E-state index is 5.64. The van der Waals surface area contributed by atoms with Crippen molar-refractivity contribution in [3.05, 3.63) is 35.9 Å². The van der Waals surface area contributed by atoms with Crippen LogP contribution in [0.2, 0.25) is 0 Å². The standard InChI is InChI=1S/C14H22N2/c15-10-12-16-11-4-7-14(16)9-8-13-5-2-1-3-6-13/h1-3,5-6,14H,4,7-12,15H2. The first-order valence-corrected chi connectivity index (χ1v) is 6.38. The fourth-order valence-corrected chi connectivity index (χ4v) is 2.66. The molecule has 0 bridgehead atoms. The number of benzene rings is 1. The van der Waals surface area contributed by atoms with Gasteiger partial charge in [-0.2, -0.15) is 0 Å². The van der Waals surface area contributed by atoms with Crippen LogP contribution in [0.25, 0.3) is 0 Å². The molecule has 2 N–H and O–H groups in total. The van der Waals surface area contributed by atoms with Crippen LogP contribution in [-0.2, 0) is 6.42 Å². The number of rotatable bonds is 5. The van der Waals surface area contributed by atoms with Gasteiger partial charge in [-0.25, -0.2) is 0 Å². The molecule has 0 amide bonds. The third kappa shape index (κ3) is 3.06. The zero-order valence-corrected chi connectivity index (χ0v) is 9.94. The van der Waals surface area contributed by atoms with Gasteiger partial charge in [-0.1, -0.05) is 30.3 Å². The van der Waals surface area contributed by atoms with Gasteiger partial charge < -0.3 is 5.73 Å². The van der Waals surface area contributed by atoms with Crippen molar-refractivity contribution in [2.75, 3.05) is 19.6 Å². The van der Waals surface area contributed by atoms with Gasteiger partial charge in [0.05, 0.1) is 0 Å². The molecule has 1 unspecified atom stereocenters. The lowest BCUT2D eigenvalue weighted by Gasteiger charge is -2.23. The van der Waals surface area contributed by atoms with Gasteiger partial charge >= 0.3 is 0 Å². The molecule has 1 aromatic rings. The van der Waals surface area contributed by atoms with Crippen LogP contribution in [0.3, 0.4) is 0 Å². The number of nitrogens with two attached hydrogens (primary N) is 1. The average Bonchev–Trinajstić information content (AvgIpc) is 2.76. The summed E-state index contributed by atoms with van der Waals surface area (Å²) in [6.07, 6.45) is 5.18. The third-order valence-corrected chi connectivity index (χ3v) is 3.52. The third-order valence-electron chi connectivity index (χ3n) is 3.52. The van der Waals surface area contributed by atoms with Crippen LogP contribution in [0.4, 0.5) is 0 Å². The Morgan fingerprint density at radius 2 is 2.06 bits per heavy atom. The highest BCUT2D eigenvalue weighted by atomic mass is 15.2. The fraction of sp³-hybridized carbons (Fsp3) is 0.571. The van der Waals surface area contributed by atoms with Crippen LogP contribution in [0.1, 0.15) is 24.8 Å². The lowest BCUT2D eigenvalue weighted by atomic mass is 10.0. The highest BCUT2D eigenvalue weighted by molar-refractivity contribution is 5.14. The molecular formula is C14H22N2. The molecule has 2 rings (SSSR count). The van der Waals surface area contributed by atoms with E-state index in [1.54, 1.807) is 0 Å². The topological polar surface area (TPSA) is 29.3 Å². The molecule has 1 fully saturated rings. The summed E-state index contributed by atoms with van der Waals surface area (Å²) >= 11 is 0. The summed E-state index contributed by atoms with van der Waals surface area (Å²) in [6, 6.07) is 11.6. The SMILES string of the molecule is NCCN1CCCC1CCc1ccccc1. The van der Waals surface area contributed by atoms with Crippen LogP contribution in [0.15, 0.2) is 30.3 Å². The van der Waals surface area contributed by atoms with Crippen LogP contribution in [0.5, 0.6) is 0 Å². The van der Waals surface area contributed by atoms with Crippen molar-refractivity contribution in [1.82, 2.24) is 4.90 Å². The summed E-state index contributed by atoms with van der Waals surface area (Å²) < 4.78 is 0. The number of likely N-dealkylation sites (tertiary alicyclic amines) is 1. The fourth-order valence-electron chi connectivity index (χ4n) is 2.66. The van der Waals surface area contributed by atoms with E-state index in [0.717, 1.165) is 19.1 Å². The molecule has 0 radical (unpaired) electrons. The molecule has 1 heterocycles. The maximum absolute atomic E-state index is 5.64. The van der Waals surface area contributed by atoms with E-state index < -0.39 is 0 Å². The lowest BCUT2D eigenvalue weighted by Crippen LogP contribution is -2.34. The molecule has 2 heteroatoms. The zero-order chi connectivity index (χ0) is 11.2. The molecule has 1 aliphatic heterocycles. The number of nitrogens with zero attached hydrogens (tertiary/aromatic N) is 1. The highest BCUT2D eigenvalue weighted by Gasteiger charge is 2.22. The van der Waals surface area contributed by atoms with Gasteiger partial charge in [-0.3, -0.25) is 4.90 Å². The predicted octanol–water partition coefficient (Wildman–Crippen LogP) is 2.04. The molecule has 1 saturated heterocycles. The normalized spacial score (nSPS) is 21.4. The van der Waals surface area contributed by atoms with Gasteiger partial charge in [0.25, 0.3) is 0 Å². The molecule has 2 nitrogen and oxygen atoms in total. The van der Waals surface area contributed by atoms with E-state index in [9.17, 15) is 0 Å². The second-order valence-corrected chi connectivity index (χ2v) is 4.64. The largest absolute Gasteiger partial charge is 0.329 e. The second-order valence-electron chi connectivity index (χ2n) is 4.64. The molecule has 1 aliphatic rings. The maximum Gasteiger partial charge on any atom is 0.0108 e. The Morgan fingerprint density at radius 1 is 1.25 bits per heavy atom. The van der Waals surface area contributed by atoms with Crippen molar-refractivity contribution in [3.63, 3.8) is 0 Å². The Hall–Kier alpha value is -0.860. The minimum absolute atomic E-state index is 0.767. The summed E-state index contributed by atoms with van der Waals surface area (Å²) in [7, 11) is 0. The van der Waals surface area contributed by atoms with Gasteiger partial charge in [-0.15, -0.1) is 0 Å². The van der Waals surface area contributed by atoms with Crippen molar-refractivity contribution < 1.29 is 0 Å². The molecule has 1 atom stereocenters. The van der Waals surface area contributed by atoms with Crippen molar-refractivity contribution in [2.45, 2.75) is 31.7 Å². The molecule has 0 saturated carbocycles. The minimum Gasteiger partial charge on any atom is -0.329 e. The van der Waals surface area contributed by atoms with E-state index in [0.29, 0.717) is 0 Å². The highest BCUT2D eigenvalue weighted by Crippen LogP contribution is 2.21. The first-order chi connectivity index (χ1) is 7.90. The van der Waals surface area contributed by atoms with Crippen molar-refractivity contribution in [1.29, 1.82) is 0 Å². The minimum atomic E-state index is 0.767. The average molecular weight is 218 g/mol. The van der Waals surface area contributed by atoms with Gasteiger partial charge in [0, 0.05) is 19.1 Å². The monoisotopic (exact) mass is 218 g/mol. The molecule has 0 aliphatic carbocycles. The van der Waals surface area contributed by atoms with Crippen molar-refractivity contribution in [3.8, 4) is 0 Å². The van der Waals surface area contributed by atoms with Gasteiger partial charge in [-0.05, 0) is 37.8 Å². The van der Waals surface area contributed by atoms with E-state index in [4.69, 9.17) is 5.73 Å². The summed E-state index contributed by atoms with van der Waals surface area (Å²) in [5, 5.41) is 0. The van der Waals surface area contributed by atoms with Crippen LogP contribution >= 0.6 is 0 Å². The molecule has 16 heavy (non-hydrogen) atoms. The van der Waals surface area contributed by atoms with Gasteiger partial charge in [0.1, 0.15) is 0 Å². The number of hydrogen-bond acceptors (Lipinski definition) is 2. The Morgan fingerprint density at radius 3 is 2.81 bits per heavy atom. The Balaban J connectivity index is 1.81. The van der Waals surface area contributed by atoms with E-state index in [1.807, 2.05) is 0 Å².